The van der Waals surface area contributed by atoms with Crippen molar-refractivity contribution >= 4 is 24.4 Å². The molecule has 1 saturated carbocycles. The van der Waals surface area contributed by atoms with Crippen LogP contribution in [0.5, 0.6) is 0 Å². The SMILES string of the molecule is N.N.NC1CCCCC1.S=c1nc[nH]c(=S)[nH]1. The van der Waals surface area contributed by atoms with Gasteiger partial charge in [-0.2, -0.15) is 0 Å². The number of aromatic nitrogens is 3. The van der Waals surface area contributed by atoms with Gasteiger partial charge in [0.2, 0.25) is 0 Å². The molecule has 1 aliphatic rings. The van der Waals surface area contributed by atoms with Gasteiger partial charge in [0.05, 0.1) is 6.33 Å². The highest BCUT2D eigenvalue weighted by Gasteiger charge is 2.06. The van der Waals surface area contributed by atoms with Crippen LogP contribution in [0.1, 0.15) is 32.1 Å². The highest BCUT2D eigenvalue weighted by molar-refractivity contribution is 7.71. The molecule has 0 radical (unpaired) electrons. The summed E-state index contributed by atoms with van der Waals surface area (Å²) < 4.78 is 0.916. The average molecular weight is 278 g/mol. The lowest BCUT2D eigenvalue weighted by Crippen LogP contribution is -2.22. The molecule has 1 fully saturated rings. The number of hydrogen-bond acceptors (Lipinski definition) is 6. The van der Waals surface area contributed by atoms with Crippen LogP contribution < -0.4 is 18.0 Å². The first-order valence-corrected chi connectivity index (χ1v) is 5.90. The number of H-pyrrole nitrogens is 2. The number of rotatable bonds is 0. The van der Waals surface area contributed by atoms with Gasteiger partial charge in [-0.15, -0.1) is 0 Å². The normalized spacial score (nSPS) is 14.6. The molecular weight excluding hydrogens is 256 g/mol. The van der Waals surface area contributed by atoms with E-state index in [1.807, 2.05) is 0 Å². The molecule has 0 atom stereocenters. The molecule has 0 unspecified atom stereocenters. The van der Waals surface area contributed by atoms with Crippen LogP contribution in [0.4, 0.5) is 0 Å². The molecule has 17 heavy (non-hydrogen) atoms. The molecule has 1 aliphatic carbocycles. The van der Waals surface area contributed by atoms with Crippen LogP contribution in [-0.4, -0.2) is 21.0 Å². The standard InChI is InChI=1S/C6H13N.C3H3N3S2.2H3N/c7-6-4-2-1-3-5-6;7-2-4-1-5-3(8)6-2;;/h6H,1-5,7H2;1H,(H2,4,5,6,7,8);2*1H3. The molecule has 6 nitrogen and oxygen atoms in total. The molecule has 0 aliphatic heterocycles. The Kier molecular flexibility index (Phi) is 11.5. The monoisotopic (exact) mass is 278 g/mol. The molecule has 1 heterocycles. The summed E-state index contributed by atoms with van der Waals surface area (Å²) >= 11 is 9.33. The van der Waals surface area contributed by atoms with Crippen molar-refractivity contribution < 1.29 is 0 Å². The molecule has 8 heteroatoms. The third kappa shape index (κ3) is 9.07. The van der Waals surface area contributed by atoms with Crippen molar-refractivity contribution in [2.75, 3.05) is 0 Å². The molecule has 10 N–H and O–H groups in total. The van der Waals surface area contributed by atoms with Crippen molar-refractivity contribution in [3.63, 3.8) is 0 Å². The fourth-order valence-corrected chi connectivity index (χ4v) is 1.82. The smallest absolute Gasteiger partial charge is 0.200 e. The summed E-state index contributed by atoms with van der Waals surface area (Å²) in [7, 11) is 0. The second-order valence-corrected chi connectivity index (χ2v) is 4.35. The van der Waals surface area contributed by atoms with Gasteiger partial charge < -0.3 is 28.0 Å². The van der Waals surface area contributed by atoms with Crippen molar-refractivity contribution in [2.24, 2.45) is 5.73 Å². The van der Waals surface area contributed by atoms with Crippen LogP contribution in [-0.2, 0) is 0 Å². The van der Waals surface area contributed by atoms with E-state index in [2.05, 4.69) is 39.4 Å². The minimum absolute atomic E-state index is 0. The molecule has 0 aromatic carbocycles. The topological polar surface area (TPSA) is 140 Å². The highest BCUT2D eigenvalue weighted by Crippen LogP contribution is 2.14. The number of aromatic amines is 2. The van der Waals surface area contributed by atoms with E-state index in [0.717, 1.165) is 0 Å². The molecule has 1 aromatic rings. The maximum Gasteiger partial charge on any atom is 0.200 e. The van der Waals surface area contributed by atoms with Crippen molar-refractivity contribution in [1.82, 2.24) is 27.3 Å². The zero-order valence-electron chi connectivity index (χ0n) is 9.95. The van der Waals surface area contributed by atoms with E-state index in [4.69, 9.17) is 5.73 Å². The zero-order valence-corrected chi connectivity index (χ0v) is 11.6. The van der Waals surface area contributed by atoms with Gasteiger partial charge in [0.25, 0.3) is 0 Å². The Bertz CT molecular complexity index is 356. The Labute approximate surface area is 112 Å². The maximum atomic E-state index is 5.63. The summed E-state index contributed by atoms with van der Waals surface area (Å²) in [5.41, 5.74) is 5.63. The Morgan fingerprint density at radius 3 is 2.06 bits per heavy atom. The van der Waals surface area contributed by atoms with Crippen LogP contribution in [0.3, 0.4) is 0 Å². The molecule has 0 saturated heterocycles. The van der Waals surface area contributed by atoms with Gasteiger partial charge in [-0.1, -0.05) is 19.3 Å². The van der Waals surface area contributed by atoms with E-state index >= 15 is 0 Å². The summed E-state index contributed by atoms with van der Waals surface area (Å²) in [6.07, 6.45) is 8.12. The van der Waals surface area contributed by atoms with Crippen LogP contribution in [0.2, 0.25) is 0 Å². The summed E-state index contributed by atoms with van der Waals surface area (Å²) in [6.45, 7) is 0. The predicted molar refractivity (Wildman–Crippen MR) is 75.7 cm³/mol. The van der Waals surface area contributed by atoms with E-state index < -0.39 is 0 Å². The van der Waals surface area contributed by atoms with Crippen molar-refractivity contribution in [3.8, 4) is 0 Å². The highest BCUT2D eigenvalue weighted by atomic mass is 32.1. The number of nitrogens with two attached hydrogens (primary N) is 1. The van der Waals surface area contributed by atoms with E-state index in [9.17, 15) is 0 Å². The zero-order chi connectivity index (χ0) is 11.1. The van der Waals surface area contributed by atoms with E-state index in [1.54, 1.807) is 0 Å². The van der Waals surface area contributed by atoms with E-state index in [1.165, 1.54) is 38.4 Å². The first-order valence-electron chi connectivity index (χ1n) is 5.08. The number of nitrogens with zero attached hydrogens (tertiary/aromatic N) is 1. The molecular formula is C9H22N6S2. The molecule has 0 amide bonds. The largest absolute Gasteiger partial charge is 0.344 e. The van der Waals surface area contributed by atoms with E-state index in [-0.39, 0.29) is 12.3 Å². The van der Waals surface area contributed by atoms with Gasteiger partial charge >= 0.3 is 0 Å². The molecule has 1 aromatic heterocycles. The van der Waals surface area contributed by atoms with Crippen LogP contribution in [0.25, 0.3) is 0 Å². The Morgan fingerprint density at radius 2 is 1.76 bits per heavy atom. The van der Waals surface area contributed by atoms with Crippen molar-refractivity contribution in [1.29, 1.82) is 0 Å². The minimum atomic E-state index is 0. The maximum absolute atomic E-state index is 5.63. The van der Waals surface area contributed by atoms with Crippen molar-refractivity contribution in [2.45, 2.75) is 38.1 Å². The van der Waals surface area contributed by atoms with Gasteiger partial charge in [-0.3, -0.25) is 0 Å². The Hall–Kier alpha value is -0.670. The third-order valence-corrected chi connectivity index (χ3v) is 2.68. The molecule has 0 spiro atoms. The molecule has 100 valence electrons. The fraction of sp³-hybridized carbons (Fsp3) is 0.667. The van der Waals surface area contributed by atoms with Gasteiger partial charge in [0.15, 0.2) is 9.54 Å². The Balaban J connectivity index is 0. The molecule has 2 rings (SSSR count). The summed E-state index contributed by atoms with van der Waals surface area (Å²) in [6, 6.07) is 0.536. The van der Waals surface area contributed by atoms with E-state index in [0.29, 0.717) is 15.6 Å². The summed E-state index contributed by atoms with van der Waals surface area (Å²) in [4.78, 5) is 8.96. The van der Waals surface area contributed by atoms with Gasteiger partial charge in [0.1, 0.15) is 0 Å². The second-order valence-electron chi connectivity index (χ2n) is 3.56. The van der Waals surface area contributed by atoms with Gasteiger partial charge in [0, 0.05) is 6.04 Å². The number of hydrogen-bond donors (Lipinski definition) is 5. The summed E-state index contributed by atoms with van der Waals surface area (Å²) in [5.74, 6) is 0. The first kappa shape index (κ1) is 18.7. The lowest BCUT2D eigenvalue weighted by molar-refractivity contribution is 0.441. The fourth-order valence-electron chi connectivity index (χ4n) is 1.45. The van der Waals surface area contributed by atoms with Crippen LogP contribution in [0.15, 0.2) is 6.33 Å². The lowest BCUT2D eigenvalue weighted by Gasteiger charge is -2.15. The predicted octanol–water partition coefficient (Wildman–Crippen LogP) is 2.80. The lowest BCUT2D eigenvalue weighted by atomic mass is 9.97. The third-order valence-electron chi connectivity index (χ3n) is 2.25. The average Bonchev–Trinajstić information content (AvgIpc) is 2.19. The van der Waals surface area contributed by atoms with Gasteiger partial charge in [-0.05, 0) is 37.3 Å². The Morgan fingerprint density at radius 1 is 1.18 bits per heavy atom. The first-order chi connectivity index (χ1) is 7.18. The number of nitrogens with one attached hydrogen (secondary N) is 2. The van der Waals surface area contributed by atoms with Crippen LogP contribution >= 0.6 is 24.4 Å². The van der Waals surface area contributed by atoms with Crippen LogP contribution in [0, 0.1) is 9.54 Å². The van der Waals surface area contributed by atoms with Crippen molar-refractivity contribution in [3.05, 3.63) is 15.9 Å². The second kappa shape index (κ2) is 10.5. The molecule has 0 bridgehead atoms. The quantitative estimate of drug-likeness (QED) is 0.462. The minimum Gasteiger partial charge on any atom is -0.344 e. The summed E-state index contributed by atoms with van der Waals surface area (Å²) in [5, 5.41) is 0. The van der Waals surface area contributed by atoms with Gasteiger partial charge in [-0.25, -0.2) is 4.98 Å².